The van der Waals surface area contributed by atoms with Crippen LogP contribution in [0, 0.1) is 13.8 Å². The molecule has 0 spiro atoms. The first kappa shape index (κ1) is 19.6. The molecule has 3 heterocycles. The van der Waals surface area contributed by atoms with Crippen molar-refractivity contribution in [3.8, 4) is 0 Å². The number of amides is 2. The lowest BCUT2D eigenvalue weighted by molar-refractivity contribution is 0.202. The van der Waals surface area contributed by atoms with E-state index in [0.29, 0.717) is 13.1 Å². The predicted octanol–water partition coefficient (Wildman–Crippen LogP) is 4.06. The van der Waals surface area contributed by atoms with Gasteiger partial charge < -0.3 is 20.0 Å². The number of aryl methyl sites for hydroxylation is 2. The molecule has 29 heavy (non-hydrogen) atoms. The Bertz CT molecular complexity index is 968. The molecular formula is C23H30N4O2. The number of aromatic amines is 1. The molecule has 4 rings (SSSR count). The van der Waals surface area contributed by atoms with Gasteiger partial charge in [0.05, 0.1) is 6.04 Å². The molecule has 3 N–H and O–H groups in total. The van der Waals surface area contributed by atoms with E-state index in [-0.39, 0.29) is 12.1 Å². The van der Waals surface area contributed by atoms with Gasteiger partial charge in [-0.2, -0.15) is 0 Å². The van der Waals surface area contributed by atoms with E-state index >= 15 is 0 Å². The van der Waals surface area contributed by atoms with Crippen LogP contribution in [0.5, 0.6) is 0 Å². The average Bonchev–Trinajstić information content (AvgIpc) is 3.44. The monoisotopic (exact) mass is 394 g/mol. The molecule has 1 aliphatic rings. The highest BCUT2D eigenvalue weighted by molar-refractivity contribution is 5.83. The molecule has 1 unspecified atom stereocenters. The van der Waals surface area contributed by atoms with Crippen molar-refractivity contribution in [1.82, 2.24) is 20.5 Å². The fraction of sp³-hybridized carbons (Fsp3) is 0.435. The zero-order chi connectivity index (χ0) is 20.2. The summed E-state index contributed by atoms with van der Waals surface area (Å²) in [7, 11) is 0. The number of hydrogen-bond donors (Lipinski definition) is 3. The number of aromatic nitrogens is 1. The number of carbonyl (C=O) groups is 1. The topological polar surface area (TPSA) is 73.3 Å². The van der Waals surface area contributed by atoms with E-state index in [1.807, 2.05) is 25.3 Å². The minimum absolute atomic E-state index is 0.0915. The van der Waals surface area contributed by atoms with Crippen molar-refractivity contribution in [1.29, 1.82) is 0 Å². The Morgan fingerprint density at radius 1 is 1.17 bits per heavy atom. The first-order chi connectivity index (χ1) is 14.1. The third-order valence-electron chi connectivity index (χ3n) is 5.73. The molecule has 1 aromatic carbocycles. The maximum atomic E-state index is 12.4. The summed E-state index contributed by atoms with van der Waals surface area (Å²) in [6.45, 7) is 7.29. The van der Waals surface area contributed by atoms with Crippen LogP contribution in [0.15, 0.2) is 40.9 Å². The van der Waals surface area contributed by atoms with Crippen LogP contribution >= 0.6 is 0 Å². The number of urea groups is 1. The van der Waals surface area contributed by atoms with Gasteiger partial charge in [0.1, 0.15) is 11.5 Å². The highest BCUT2D eigenvalue weighted by atomic mass is 16.3. The SMILES string of the molecule is Cc1ccc2c(CCNC(=O)NCC(c3ccc(C)o3)N3CCCC3)c[nH]c2c1. The van der Waals surface area contributed by atoms with Crippen LogP contribution in [0.1, 0.15) is 41.5 Å². The summed E-state index contributed by atoms with van der Waals surface area (Å²) in [6, 6.07) is 10.4. The number of H-pyrrole nitrogens is 1. The molecule has 1 aliphatic heterocycles. The summed E-state index contributed by atoms with van der Waals surface area (Å²) in [5, 5.41) is 7.24. The number of nitrogens with one attached hydrogen (secondary N) is 3. The quantitative estimate of drug-likeness (QED) is 0.566. The van der Waals surface area contributed by atoms with Crippen molar-refractivity contribution < 1.29 is 9.21 Å². The van der Waals surface area contributed by atoms with Gasteiger partial charge in [-0.15, -0.1) is 0 Å². The number of furan rings is 1. The van der Waals surface area contributed by atoms with Crippen molar-refractivity contribution in [2.45, 2.75) is 39.2 Å². The first-order valence-corrected chi connectivity index (χ1v) is 10.5. The molecular weight excluding hydrogens is 364 g/mol. The van der Waals surface area contributed by atoms with Crippen molar-refractivity contribution in [2.24, 2.45) is 0 Å². The van der Waals surface area contributed by atoms with E-state index in [9.17, 15) is 4.79 Å². The molecule has 1 atom stereocenters. The molecule has 3 aromatic rings. The summed E-state index contributed by atoms with van der Waals surface area (Å²) in [6.07, 6.45) is 5.23. The average molecular weight is 395 g/mol. The lowest BCUT2D eigenvalue weighted by atomic mass is 10.1. The van der Waals surface area contributed by atoms with Gasteiger partial charge in [-0.1, -0.05) is 12.1 Å². The smallest absolute Gasteiger partial charge is 0.314 e. The van der Waals surface area contributed by atoms with Gasteiger partial charge in [-0.25, -0.2) is 4.79 Å². The van der Waals surface area contributed by atoms with Crippen LogP contribution in [-0.2, 0) is 6.42 Å². The maximum absolute atomic E-state index is 12.4. The second kappa shape index (κ2) is 8.74. The minimum atomic E-state index is -0.131. The number of fused-ring (bicyclic) bond motifs is 1. The molecule has 1 fully saturated rings. The third kappa shape index (κ3) is 4.65. The van der Waals surface area contributed by atoms with Crippen LogP contribution in [0.25, 0.3) is 10.9 Å². The first-order valence-electron chi connectivity index (χ1n) is 10.5. The number of rotatable bonds is 7. The maximum Gasteiger partial charge on any atom is 0.314 e. The fourth-order valence-electron chi connectivity index (χ4n) is 4.16. The van der Waals surface area contributed by atoms with E-state index in [0.717, 1.165) is 36.5 Å². The predicted molar refractivity (Wildman–Crippen MR) is 115 cm³/mol. The van der Waals surface area contributed by atoms with Crippen molar-refractivity contribution in [2.75, 3.05) is 26.2 Å². The summed E-state index contributed by atoms with van der Waals surface area (Å²) in [5.41, 5.74) is 3.61. The Hall–Kier alpha value is -2.73. The Kier molecular flexibility index (Phi) is 5.90. The number of hydrogen-bond acceptors (Lipinski definition) is 3. The van der Waals surface area contributed by atoms with Crippen molar-refractivity contribution in [3.05, 3.63) is 59.2 Å². The summed E-state index contributed by atoms with van der Waals surface area (Å²) < 4.78 is 5.85. The molecule has 1 saturated heterocycles. The summed E-state index contributed by atoms with van der Waals surface area (Å²) in [4.78, 5) is 18.1. The molecule has 2 amide bonds. The van der Waals surface area contributed by atoms with Crippen LogP contribution in [0.3, 0.4) is 0 Å². The second-order valence-electron chi connectivity index (χ2n) is 7.96. The lowest BCUT2D eigenvalue weighted by Crippen LogP contribution is -2.42. The van der Waals surface area contributed by atoms with Crippen LogP contribution in [-0.4, -0.2) is 42.1 Å². The minimum Gasteiger partial charge on any atom is -0.465 e. The zero-order valence-corrected chi connectivity index (χ0v) is 17.3. The van der Waals surface area contributed by atoms with Gasteiger partial charge in [0.15, 0.2) is 0 Å². The van der Waals surface area contributed by atoms with Gasteiger partial charge in [0, 0.05) is 30.2 Å². The Morgan fingerprint density at radius 2 is 2.00 bits per heavy atom. The van der Waals surface area contributed by atoms with E-state index < -0.39 is 0 Å². The molecule has 0 aliphatic carbocycles. The second-order valence-corrected chi connectivity index (χ2v) is 7.96. The number of nitrogens with zero attached hydrogens (tertiary/aromatic N) is 1. The normalized spacial score (nSPS) is 15.7. The molecule has 0 bridgehead atoms. The van der Waals surface area contributed by atoms with Gasteiger partial charge in [0.25, 0.3) is 0 Å². The molecule has 2 aromatic heterocycles. The van der Waals surface area contributed by atoms with E-state index in [1.54, 1.807) is 0 Å². The van der Waals surface area contributed by atoms with Gasteiger partial charge in [0.2, 0.25) is 0 Å². The fourth-order valence-corrected chi connectivity index (χ4v) is 4.16. The molecule has 0 radical (unpaired) electrons. The van der Waals surface area contributed by atoms with E-state index in [1.165, 1.54) is 29.4 Å². The molecule has 6 heteroatoms. The molecule has 6 nitrogen and oxygen atoms in total. The highest BCUT2D eigenvalue weighted by Crippen LogP contribution is 2.26. The third-order valence-corrected chi connectivity index (χ3v) is 5.73. The largest absolute Gasteiger partial charge is 0.465 e. The van der Waals surface area contributed by atoms with Crippen molar-refractivity contribution >= 4 is 16.9 Å². The Balaban J connectivity index is 1.29. The van der Waals surface area contributed by atoms with Crippen molar-refractivity contribution in [3.63, 3.8) is 0 Å². The van der Waals surface area contributed by atoms with Crippen LogP contribution in [0.2, 0.25) is 0 Å². The van der Waals surface area contributed by atoms with Gasteiger partial charge >= 0.3 is 6.03 Å². The zero-order valence-electron chi connectivity index (χ0n) is 17.3. The number of carbonyl (C=O) groups excluding carboxylic acids is 1. The van der Waals surface area contributed by atoms with Crippen LogP contribution < -0.4 is 10.6 Å². The van der Waals surface area contributed by atoms with E-state index in [4.69, 9.17) is 4.42 Å². The Morgan fingerprint density at radius 3 is 2.76 bits per heavy atom. The lowest BCUT2D eigenvalue weighted by Gasteiger charge is -2.26. The van der Waals surface area contributed by atoms with Crippen LogP contribution in [0.4, 0.5) is 4.79 Å². The van der Waals surface area contributed by atoms with Gasteiger partial charge in [-0.05, 0) is 75.5 Å². The van der Waals surface area contributed by atoms with Gasteiger partial charge in [-0.3, -0.25) is 4.90 Å². The number of likely N-dealkylation sites (tertiary alicyclic amines) is 1. The Labute approximate surface area is 171 Å². The summed E-state index contributed by atoms with van der Waals surface area (Å²) >= 11 is 0. The molecule has 0 saturated carbocycles. The highest BCUT2D eigenvalue weighted by Gasteiger charge is 2.26. The van der Waals surface area contributed by atoms with E-state index in [2.05, 4.69) is 45.6 Å². The standard InChI is InChI=1S/C23H30N4O2/c1-16-5-7-19-18(14-25-20(19)13-16)9-10-24-23(28)26-15-21(27-11-3-4-12-27)22-8-6-17(2)29-22/h5-8,13-14,21,25H,3-4,9-12,15H2,1-2H3,(H2,24,26,28). The summed E-state index contributed by atoms with van der Waals surface area (Å²) in [5.74, 6) is 1.83. The molecule has 154 valence electrons. The number of benzene rings is 1.